The average molecular weight is 448 g/mol. The molecule has 0 aliphatic heterocycles. The van der Waals surface area contributed by atoms with Crippen LogP contribution in [0.3, 0.4) is 0 Å². The normalized spacial score (nSPS) is 13.2. The first kappa shape index (κ1) is 21.9. The first-order chi connectivity index (χ1) is 14.2. The number of methoxy groups -OCH3 is 1. The Labute approximate surface area is 178 Å². The maximum atomic E-state index is 14.8. The van der Waals surface area contributed by atoms with Gasteiger partial charge in [0.05, 0.1) is 10.5 Å². The molecule has 0 saturated carbocycles. The molecule has 8 heteroatoms. The van der Waals surface area contributed by atoms with Crippen molar-refractivity contribution in [3.05, 3.63) is 101 Å². The Morgan fingerprint density at radius 1 is 0.900 bits per heavy atom. The molecular weight excluding hydrogens is 432 g/mol. The van der Waals surface area contributed by atoms with Crippen LogP contribution >= 0.6 is 11.6 Å². The van der Waals surface area contributed by atoms with Gasteiger partial charge in [-0.15, -0.1) is 0 Å². The van der Waals surface area contributed by atoms with E-state index in [1.165, 1.54) is 24.3 Å². The highest BCUT2D eigenvalue weighted by atomic mass is 35.5. The summed E-state index contributed by atoms with van der Waals surface area (Å²) in [5.41, 5.74) is -0.0725. The number of benzene rings is 3. The summed E-state index contributed by atoms with van der Waals surface area (Å²) in [6.45, 7) is 0. The maximum absolute atomic E-state index is 14.8. The second-order valence-corrected chi connectivity index (χ2v) is 8.36. The average Bonchev–Trinajstić information content (AvgIpc) is 2.73. The number of nitrogens with one attached hydrogen (secondary N) is 1. The molecule has 1 unspecified atom stereocenters. The Balaban J connectivity index is 1.98. The lowest BCUT2D eigenvalue weighted by Crippen LogP contribution is -2.44. The Morgan fingerprint density at radius 3 is 1.93 bits per heavy atom. The van der Waals surface area contributed by atoms with Crippen molar-refractivity contribution in [2.24, 2.45) is 0 Å². The molecule has 0 aromatic heterocycles. The van der Waals surface area contributed by atoms with E-state index in [4.69, 9.17) is 16.3 Å². The van der Waals surface area contributed by atoms with Crippen LogP contribution in [-0.4, -0.2) is 15.5 Å². The smallest absolute Gasteiger partial charge is 0.244 e. The lowest BCUT2D eigenvalue weighted by atomic mass is 10.1. The number of ether oxygens (including phenoxy) is 1. The standard InChI is InChI=1S/C22H16ClF2NO3S/c1-29-22(23,26-30(27,28)18-10-6-3-7-11-18)21-19(24)14-17(15-20(21)25)13-12-16-8-4-2-5-9-16/h2-11,14-15,26H,1H3. The van der Waals surface area contributed by atoms with Gasteiger partial charge in [0.1, 0.15) is 11.6 Å². The summed E-state index contributed by atoms with van der Waals surface area (Å²) < 4.78 is 61.7. The van der Waals surface area contributed by atoms with Gasteiger partial charge in [-0.05, 0) is 36.4 Å². The lowest BCUT2D eigenvalue weighted by Gasteiger charge is -2.27. The van der Waals surface area contributed by atoms with E-state index < -0.39 is 32.4 Å². The highest BCUT2D eigenvalue weighted by Gasteiger charge is 2.40. The van der Waals surface area contributed by atoms with Crippen molar-refractivity contribution in [1.29, 1.82) is 0 Å². The van der Waals surface area contributed by atoms with Gasteiger partial charge in [-0.3, -0.25) is 0 Å². The van der Waals surface area contributed by atoms with Crippen molar-refractivity contribution in [1.82, 2.24) is 4.72 Å². The number of hydrogen-bond acceptors (Lipinski definition) is 3. The molecular formula is C22H16ClF2NO3S. The number of sulfonamides is 1. The third kappa shape index (κ3) is 4.86. The molecule has 3 aromatic carbocycles. The quantitative estimate of drug-likeness (QED) is 0.274. The van der Waals surface area contributed by atoms with Crippen LogP contribution in [-0.2, 0) is 19.9 Å². The van der Waals surface area contributed by atoms with E-state index in [9.17, 15) is 17.2 Å². The van der Waals surface area contributed by atoms with Gasteiger partial charge in [-0.25, -0.2) is 17.2 Å². The molecule has 1 atom stereocenters. The summed E-state index contributed by atoms with van der Waals surface area (Å²) in [7, 11) is -3.21. The van der Waals surface area contributed by atoms with Crippen molar-refractivity contribution in [3.8, 4) is 11.8 Å². The molecule has 0 heterocycles. The van der Waals surface area contributed by atoms with Crippen LogP contribution in [0, 0.1) is 23.5 Å². The Hall–Kier alpha value is -2.76. The molecule has 3 rings (SSSR count). The van der Waals surface area contributed by atoms with Crippen LogP contribution in [0.15, 0.2) is 77.7 Å². The molecule has 3 aromatic rings. The second-order valence-electron chi connectivity index (χ2n) is 6.15. The molecule has 0 bridgehead atoms. The van der Waals surface area contributed by atoms with E-state index in [0.717, 1.165) is 19.2 Å². The minimum atomic E-state index is -4.24. The summed E-state index contributed by atoms with van der Waals surface area (Å²) in [6, 6.07) is 18.1. The van der Waals surface area contributed by atoms with E-state index in [-0.39, 0.29) is 10.5 Å². The minimum absolute atomic E-state index is 0.0543. The van der Waals surface area contributed by atoms with Crippen LogP contribution in [0.4, 0.5) is 8.78 Å². The van der Waals surface area contributed by atoms with Gasteiger partial charge in [-0.1, -0.05) is 59.8 Å². The fraction of sp³-hybridized carbons (Fsp3) is 0.0909. The van der Waals surface area contributed by atoms with Crippen LogP contribution < -0.4 is 4.72 Å². The van der Waals surface area contributed by atoms with Crippen molar-refractivity contribution in [3.63, 3.8) is 0 Å². The largest absolute Gasteiger partial charge is 0.346 e. The topological polar surface area (TPSA) is 55.4 Å². The molecule has 4 nitrogen and oxygen atoms in total. The van der Waals surface area contributed by atoms with E-state index in [2.05, 4.69) is 11.8 Å². The van der Waals surface area contributed by atoms with Crippen LogP contribution in [0.1, 0.15) is 16.7 Å². The molecule has 154 valence electrons. The zero-order valence-corrected chi connectivity index (χ0v) is 17.3. The monoisotopic (exact) mass is 447 g/mol. The zero-order chi connectivity index (χ0) is 21.8. The van der Waals surface area contributed by atoms with E-state index in [0.29, 0.717) is 5.56 Å². The summed E-state index contributed by atoms with van der Waals surface area (Å²) in [5, 5.41) is -2.51. The number of hydrogen-bond donors (Lipinski definition) is 1. The van der Waals surface area contributed by atoms with Crippen LogP contribution in [0.25, 0.3) is 0 Å². The van der Waals surface area contributed by atoms with Gasteiger partial charge >= 0.3 is 0 Å². The molecule has 0 saturated heterocycles. The van der Waals surface area contributed by atoms with E-state index >= 15 is 0 Å². The summed E-state index contributed by atoms with van der Waals surface area (Å²) in [6.07, 6.45) is 0. The summed E-state index contributed by atoms with van der Waals surface area (Å²) in [5.74, 6) is 3.23. The molecule has 30 heavy (non-hydrogen) atoms. The fourth-order valence-electron chi connectivity index (χ4n) is 2.64. The third-order valence-electron chi connectivity index (χ3n) is 4.09. The first-order valence-electron chi connectivity index (χ1n) is 8.65. The van der Waals surface area contributed by atoms with E-state index in [1.807, 2.05) is 10.8 Å². The fourth-order valence-corrected chi connectivity index (χ4v) is 4.29. The van der Waals surface area contributed by atoms with Crippen LogP contribution in [0.5, 0.6) is 0 Å². The van der Waals surface area contributed by atoms with Gasteiger partial charge < -0.3 is 4.74 Å². The summed E-state index contributed by atoms with van der Waals surface area (Å²) in [4.78, 5) is -0.141. The highest BCUT2D eigenvalue weighted by Crippen LogP contribution is 2.33. The van der Waals surface area contributed by atoms with Gasteiger partial charge in [0, 0.05) is 18.2 Å². The minimum Gasteiger partial charge on any atom is -0.346 e. The Bertz CT molecular complexity index is 1190. The van der Waals surface area contributed by atoms with Crippen LogP contribution in [0.2, 0.25) is 0 Å². The Morgan fingerprint density at radius 2 is 1.40 bits per heavy atom. The number of halogens is 3. The zero-order valence-electron chi connectivity index (χ0n) is 15.7. The van der Waals surface area contributed by atoms with Crippen molar-refractivity contribution in [2.45, 2.75) is 10.1 Å². The Kier molecular flexibility index (Phi) is 6.54. The molecule has 0 aliphatic rings. The maximum Gasteiger partial charge on any atom is 0.244 e. The predicted octanol–water partition coefficient (Wildman–Crippen LogP) is 4.34. The van der Waals surface area contributed by atoms with Crippen molar-refractivity contribution < 1.29 is 21.9 Å². The molecule has 0 fully saturated rings. The highest BCUT2D eigenvalue weighted by molar-refractivity contribution is 7.89. The van der Waals surface area contributed by atoms with Gasteiger partial charge in [-0.2, -0.15) is 4.72 Å². The summed E-state index contributed by atoms with van der Waals surface area (Å²) >= 11 is 6.19. The molecule has 0 aliphatic carbocycles. The van der Waals surface area contributed by atoms with Gasteiger partial charge in [0.15, 0.2) is 0 Å². The molecule has 0 spiro atoms. The van der Waals surface area contributed by atoms with Gasteiger partial charge in [0.25, 0.3) is 0 Å². The molecule has 1 N–H and O–H groups in total. The first-order valence-corrected chi connectivity index (χ1v) is 10.5. The number of alkyl halides is 1. The van der Waals surface area contributed by atoms with E-state index in [1.54, 1.807) is 30.3 Å². The van der Waals surface area contributed by atoms with Crippen molar-refractivity contribution >= 4 is 21.6 Å². The molecule has 0 radical (unpaired) electrons. The third-order valence-corrected chi connectivity index (χ3v) is 6.09. The van der Waals surface area contributed by atoms with Crippen molar-refractivity contribution in [2.75, 3.05) is 7.11 Å². The second kappa shape index (κ2) is 8.94. The molecule has 0 amide bonds. The SMILES string of the molecule is COC(Cl)(NS(=O)(=O)c1ccccc1)c1c(F)cc(C#Cc2ccccc2)cc1F. The lowest BCUT2D eigenvalue weighted by molar-refractivity contribution is 0.0457. The predicted molar refractivity (Wildman–Crippen MR) is 110 cm³/mol. The number of rotatable bonds is 5. The van der Waals surface area contributed by atoms with Gasteiger partial charge in [0.2, 0.25) is 15.2 Å².